The molecule has 0 spiro atoms. The Morgan fingerprint density at radius 2 is 1.73 bits per heavy atom. The zero-order chi connectivity index (χ0) is 29.3. The van der Waals surface area contributed by atoms with Gasteiger partial charge in [0.05, 0.1) is 15.0 Å². The van der Waals surface area contributed by atoms with Gasteiger partial charge in [0.25, 0.3) is 0 Å². The molecule has 2 aliphatic carbocycles. The van der Waals surface area contributed by atoms with E-state index in [1.165, 1.54) is 48.4 Å². The van der Waals surface area contributed by atoms with Crippen molar-refractivity contribution in [1.82, 2.24) is 0 Å². The second-order valence-corrected chi connectivity index (χ2v) is 10.9. The van der Waals surface area contributed by atoms with Crippen molar-refractivity contribution in [3.05, 3.63) is 89.5 Å². The zero-order valence-electron chi connectivity index (χ0n) is 23.9. The van der Waals surface area contributed by atoms with Gasteiger partial charge in [-0.2, -0.15) is 0 Å². The molecule has 208 valence electrons. The van der Waals surface area contributed by atoms with E-state index in [4.69, 9.17) is 1.37 Å². The number of anilines is 2. The molecule has 3 aromatic carbocycles. The van der Waals surface area contributed by atoms with Gasteiger partial charge in [-0.25, -0.2) is 13.6 Å². The molecule has 0 radical (unpaired) electrons. The lowest BCUT2D eigenvalue weighted by Crippen LogP contribution is -2.38. The summed E-state index contributed by atoms with van der Waals surface area (Å²) in [6, 6.07) is 16.3. The maximum absolute atomic E-state index is 15.7. The molecule has 0 N–H and O–H groups in total. The largest absolute Gasteiger partial charge is 0.466 e. The van der Waals surface area contributed by atoms with Gasteiger partial charge in [0.2, 0.25) is 5.91 Å². The molecule has 5 rings (SSSR count). The number of rotatable bonds is 8. The van der Waals surface area contributed by atoms with Crippen LogP contribution in [0.25, 0.3) is 17.2 Å². The second-order valence-electron chi connectivity index (χ2n) is 10.9. The van der Waals surface area contributed by atoms with E-state index in [0.717, 1.165) is 43.0 Å². The number of hydrogen-bond acceptors (Lipinski definition) is 4. The average Bonchev–Trinajstić information content (AvgIpc) is 3.60. The highest BCUT2D eigenvalue weighted by molar-refractivity contribution is 5.96. The molecule has 0 heterocycles. The number of halogens is 2. The Bertz CT molecular complexity index is 1470. The maximum Gasteiger partial charge on any atom is 0.330 e. The van der Waals surface area contributed by atoms with Crippen molar-refractivity contribution in [2.24, 2.45) is 17.8 Å². The summed E-state index contributed by atoms with van der Waals surface area (Å²) in [4.78, 5) is 28.8. The third-order valence-corrected chi connectivity index (χ3v) is 8.07. The zero-order valence-corrected chi connectivity index (χ0v) is 22.9. The third kappa shape index (κ3) is 5.93. The molecule has 2 fully saturated rings. The van der Waals surface area contributed by atoms with Crippen molar-refractivity contribution in [1.29, 1.82) is 0 Å². The van der Waals surface area contributed by atoms with Crippen LogP contribution in [0.15, 0.2) is 66.7 Å². The Morgan fingerprint density at radius 3 is 2.35 bits per heavy atom. The number of hydrogen-bond donors (Lipinski definition) is 0. The van der Waals surface area contributed by atoms with Crippen molar-refractivity contribution >= 4 is 29.3 Å². The van der Waals surface area contributed by atoms with Crippen LogP contribution in [0.3, 0.4) is 0 Å². The first kappa shape index (κ1) is 26.2. The number of methoxy groups -OCH3 is 1. The van der Waals surface area contributed by atoms with E-state index in [-0.39, 0.29) is 29.0 Å². The predicted octanol–water partition coefficient (Wildman–Crippen LogP) is 6.85. The molecule has 40 heavy (non-hydrogen) atoms. The van der Waals surface area contributed by atoms with Crippen LogP contribution in [0.5, 0.6) is 0 Å². The number of benzene rings is 3. The van der Waals surface area contributed by atoms with Crippen molar-refractivity contribution in [3.8, 4) is 11.1 Å². The lowest BCUT2D eigenvalue weighted by molar-refractivity contribution is -0.134. The number of ether oxygens (including phenoxy) is 1. The number of esters is 1. The molecule has 2 aliphatic rings. The molecule has 2 saturated carbocycles. The first-order valence-electron chi connectivity index (χ1n) is 14.1. The molecule has 4 atom stereocenters. The van der Waals surface area contributed by atoms with Crippen LogP contribution in [0, 0.1) is 29.4 Å². The highest BCUT2D eigenvalue weighted by Crippen LogP contribution is 2.49. The Morgan fingerprint density at radius 1 is 0.975 bits per heavy atom. The Balaban J connectivity index is 1.51. The molecular weight excluding hydrogens is 510 g/mol. The van der Waals surface area contributed by atoms with Gasteiger partial charge in [-0.1, -0.05) is 30.7 Å². The summed E-state index contributed by atoms with van der Waals surface area (Å²) >= 11 is 0. The van der Waals surface area contributed by atoms with Crippen LogP contribution in [0.2, 0.25) is 0 Å². The lowest BCUT2D eigenvalue weighted by Gasteiger charge is -2.30. The number of fused-ring (bicyclic) bond motifs is 2. The fourth-order valence-corrected chi connectivity index (χ4v) is 5.96. The first-order chi connectivity index (χ1) is 19.6. The molecule has 1 unspecified atom stereocenters. The maximum atomic E-state index is 15.7. The summed E-state index contributed by atoms with van der Waals surface area (Å²) in [5.74, 6) is -1.77. The van der Waals surface area contributed by atoms with Crippen molar-refractivity contribution in [2.45, 2.75) is 32.2 Å². The smallest absolute Gasteiger partial charge is 0.330 e. The van der Waals surface area contributed by atoms with Crippen LogP contribution in [-0.4, -0.2) is 33.1 Å². The van der Waals surface area contributed by atoms with E-state index in [2.05, 4.69) is 4.74 Å². The minimum atomic E-state index is -1.44. The van der Waals surface area contributed by atoms with Crippen LogP contribution in [0.1, 0.15) is 38.2 Å². The Labute approximate surface area is 235 Å². The van der Waals surface area contributed by atoms with Crippen LogP contribution >= 0.6 is 0 Å². The van der Waals surface area contributed by atoms with Gasteiger partial charge < -0.3 is 14.5 Å². The number of amides is 1. The number of carbonyl (C=O) groups excluding carboxylic acids is 2. The van der Waals surface area contributed by atoms with E-state index >= 15 is 4.39 Å². The van der Waals surface area contributed by atoms with Crippen molar-refractivity contribution in [3.63, 3.8) is 0 Å². The topological polar surface area (TPSA) is 49.9 Å². The van der Waals surface area contributed by atoms with E-state index in [9.17, 15) is 14.0 Å². The van der Waals surface area contributed by atoms with Gasteiger partial charge in [0, 0.05) is 43.0 Å². The summed E-state index contributed by atoms with van der Waals surface area (Å²) in [5, 5.41) is 0. The monoisotopic (exact) mass is 545 g/mol. The van der Waals surface area contributed by atoms with Crippen molar-refractivity contribution in [2.75, 3.05) is 31.0 Å². The molecule has 0 saturated heterocycles. The number of carbonyl (C=O) groups is 2. The second kappa shape index (κ2) is 11.6. The molecular formula is C33H34F2N2O3. The average molecular weight is 546 g/mol. The number of nitrogens with zero attached hydrogens (tertiary/aromatic N) is 2. The summed E-state index contributed by atoms with van der Waals surface area (Å²) in [6.07, 6.45) is 6.27. The Kier molecular flexibility index (Phi) is 7.62. The molecule has 1 amide bonds. The van der Waals surface area contributed by atoms with Crippen LogP contribution in [0.4, 0.5) is 20.2 Å². The first-order valence-corrected chi connectivity index (χ1v) is 13.5. The summed E-state index contributed by atoms with van der Waals surface area (Å²) in [5.41, 5.74) is 2.97. The van der Waals surface area contributed by atoms with Gasteiger partial charge >= 0.3 is 5.97 Å². The van der Waals surface area contributed by atoms with E-state index in [1.54, 1.807) is 6.07 Å². The van der Waals surface area contributed by atoms with E-state index in [1.807, 2.05) is 43.3 Å². The molecule has 2 bridgehead atoms. The fraction of sp³-hybridized carbons (Fsp3) is 0.333. The predicted molar refractivity (Wildman–Crippen MR) is 154 cm³/mol. The molecule has 7 heteroatoms. The Hall–Kier alpha value is -4.00. The van der Waals surface area contributed by atoms with Gasteiger partial charge in [-0.3, -0.25) is 4.79 Å². The van der Waals surface area contributed by atoms with Crippen LogP contribution < -0.4 is 9.80 Å². The SMILES string of the molecule is [2H]C(c1ccc(-c2ccc(N(C)C)cc2)cc1F)N(C(=O)[C@@H]1C[C@@H]2CC[C@H]1C2)c1cc(F)cc(/C=C/C(=O)OC)c1. The van der Waals surface area contributed by atoms with Gasteiger partial charge in [-0.15, -0.1) is 0 Å². The lowest BCUT2D eigenvalue weighted by atomic mass is 9.87. The molecule has 3 aromatic rings. The summed E-state index contributed by atoms with van der Waals surface area (Å²) in [7, 11) is 5.12. The summed E-state index contributed by atoms with van der Waals surface area (Å²) < 4.78 is 44.2. The highest BCUT2D eigenvalue weighted by Gasteiger charge is 2.44. The molecule has 0 aromatic heterocycles. The minimum Gasteiger partial charge on any atom is -0.466 e. The van der Waals surface area contributed by atoms with E-state index in [0.29, 0.717) is 17.0 Å². The van der Waals surface area contributed by atoms with Crippen molar-refractivity contribution < 1.29 is 24.5 Å². The van der Waals surface area contributed by atoms with E-state index < -0.39 is 24.1 Å². The molecule has 5 nitrogen and oxygen atoms in total. The highest BCUT2D eigenvalue weighted by atomic mass is 19.1. The summed E-state index contributed by atoms with van der Waals surface area (Å²) in [6.45, 7) is -1.44. The fourth-order valence-electron chi connectivity index (χ4n) is 5.96. The third-order valence-electron chi connectivity index (χ3n) is 8.07. The molecule has 0 aliphatic heterocycles. The minimum absolute atomic E-state index is 0.0195. The van der Waals surface area contributed by atoms with Gasteiger partial charge in [0.1, 0.15) is 11.6 Å². The standard InChI is InChI=1S/C33H34F2N2O3/c1-36(2)28-11-9-23(10-12-28)24-7-8-26(31(35)18-24)20-37(33(39)30-17-21-4-6-25(30)14-21)29-16-22(15-27(34)19-29)5-13-32(38)40-3/h5,7-13,15-16,18-19,21,25,30H,4,6,14,17,20H2,1-3H3/b13-5+/t21-,25+,30-/m1/s1/i20D/t20?,21-,25+,30-. The van der Waals surface area contributed by atoms with Gasteiger partial charge in [0.15, 0.2) is 0 Å². The normalized spacial score (nSPS) is 20.8. The quantitative estimate of drug-likeness (QED) is 0.229. The van der Waals surface area contributed by atoms with Gasteiger partial charge in [-0.05, 0) is 90.3 Å². The van der Waals surface area contributed by atoms with Crippen LogP contribution in [-0.2, 0) is 20.8 Å².